The summed E-state index contributed by atoms with van der Waals surface area (Å²) in [6.45, 7) is 0.0880. The topological polar surface area (TPSA) is 81.2 Å². The van der Waals surface area contributed by atoms with Crippen LogP contribution in [0.4, 0.5) is 25.8 Å². The number of nitrogens with one attached hydrogen (secondary N) is 1. The molecule has 1 aromatic heterocycles. The normalized spacial score (nSPS) is 10.4. The zero-order valence-electron chi connectivity index (χ0n) is 9.52. The standard InChI is InChI=1S/C11H9F2N3O2S/c12-6-1-2-8(16(17)18)11(10(6)13)15-5-9-7(14)3-4-19-9/h1-4,15H,5,14H2. The molecule has 0 saturated carbocycles. The highest BCUT2D eigenvalue weighted by molar-refractivity contribution is 7.10. The van der Waals surface area contributed by atoms with Crippen molar-refractivity contribution in [3.63, 3.8) is 0 Å². The van der Waals surface area contributed by atoms with Crippen LogP contribution >= 0.6 is 11.3 Å². The lowest BCUT2D eigenvalue weighted by molar-refractivity contribution is -0.384. The minimum Gasteiger partial charge on any atom is -0.398 e. The maximum Gasteiger partial charge on any atom is 0.295 e. The van der Waals surface area contributed by atoms with E-state index < -0.39 is 27.9 Å². The number of nitrogens with two attached hydrogens (primary N) is 1. The van der Waals surface area contributed by atoms with Crippen molar-refractivity contribution < 1.29 is 13.7 Å². The zero-order chi connectivity index (χ0) is 14.0. The van der Waals surface area contributed by atoms with Crippen LogP contribution in [-0.2, 0) is 6.54 Å². The Balaban J connectivity index is 2.31. The van der Waals surface area contributed by atoms with E-state index in [-0.39, 0.29) is 6.54 Å². The van der Waals surface area contributed by atoms with Crippen LogP contribution in [0.1, 0.15) is 4.88 Å². The Bertz CT molecular complexity index is 630. The summed E-state index contributed by atoms with van der Waals surface area (Å²) in [5, 5.41) is 15.0. The number of nitrogens with zero attached hydrogens (tertiary/aromatic N) is 1. The minimum absolute atomic E-state index is 0.0880. The molecule has 0 aliphatic rings. The Morgan fingerprint density at radius 1 is 1.37 bits per heavy atom. The van der Waals surface area contributed by atoms with Crippen molar-refractivity contribution in [1.82, 2.24) is 0 Å². The quantitative estimate of drug-likeness (QED) is 0.668. The summed E-state index contributed by atoms with van der Waals surface area (Å²) in [5.41, 5.74) is 5.14. The molecule has 0 spiro atoms. The fourth-order valence-corrected chi connectivity index (χ4v) is 2.26. The molecule has 0 aliphatic heterocycles. The maximum atomic E-state index is 13.6. The number of hydrogen-bond donors (Lipinski definition) is 2. The lowest BCUT2D eigenvalue weighted by Gasteiger charge is -2.08. The van der Waals surface area contributed by atoms with E-state index in [2.05, 4.69) is 5.32 Å². The summed E-state index contributed by atoms with van der Waals surface area (Å²) in [6.07, 6.45) is 0. The molecule has 0 aliphatic carbocycles. The van der Waals surface area contributed by atoms with Crippen LogP contribution < -0.4 is 11.1 Å². The van der Waals surface area contributed by atoms with Crippen LogP contribution in [-0.4, -0.2) is 4.92 Å². The number of nitrogen functional groups attached to an aromatic ring is 1. The molecule has 0 unspecified atom stereocenters. The molecule has 8 heteroatoms. The minimum atomic E-state index is -1.27. The van der Waals surface area contributed by atoms with E-state index in [1.807, 2.05) is 0 Å². The molecule has 3 N–H and O–H groups in total. The Hall–Kier alpha value is -2.22. The third-order valence-corrected chi connectivity index (χ3v) is 3.41. The third kappa shape index (κ3) is 2.63. The lowest BCUT2D eigenvalue weighted by atomic mass is 10.2. The van der Waals surface area contributed by atoms with Crippen molar-refractivity contribution >= 4 is 28.4 Å². The van der Waals surface area contributed by atoms with Gasteiger partial charge in [-0.25, -0.2) is 8.78 Å². The van der Waals surface area contributed by atoms with E-state index in [4.69, 9.17) is 5.73 Å². The van der Waals surface area contributed by atoms with E-state index in [9.17, 15) is 18.9 Å². The summed E-state index contributed by atoms with van der Waals surface area (Å²) in [6, 6.07) is 3.30. The molecular weight excluding hydrogens is 276 g/mol. The first-order chi connectivity index (χ1) is 9.00. The SMILES string of the molecule is Nc1ccsc1CNc1c([N+](=O)[O-])ccc(F)c1F. The number of thiophene rings is 1. The van der Waals surface area contributed by atoms with Crippen molar-refractivity contribution in [2.45, 2.75) is 6.54 Å². The van der Waals surface area contributed by atoms with Crippen LogP contribution in [0.25, 0.3) is 0 Å². The number of benzene rings is 1. The van der Waals surface area contributed by atoms with Crippen molar-refractivity contribution in [3.05, 3.63) is 50.2 Å². The monoisotopic (exact) mass is 285 g/mol. The van der Waals surface area contributed by atoms with Gasteiger partial charge in [0.1, 0.15) is 0 Å². The van der Waals surface area contributed by atoms with Crippen LogP contribution in [0.3, 0.4) is 0 Å². The van der Waals surface area contributed by atoms with Crippen molar-refractivity contribution in [2.75, 3.05) is 11.1 Å². The first-order valence-electron chi connectivity index (χ1n) is 5.19. The number of nitro benzene ring substituents is 1. The van der Waals surface area contributed by atoms with Gasteiger partial charge in [-0.1, -0.05) is 0 Å². The fraction of sp³-hybridized carbons (Fsp3) is 0.0909. The van der Waals surface area contributed by atoms with E-state index in [0.717, 1.165) is 12.1 Å². The largest absolute Gasteiger partial charge is 0.398 e. The number of rotatable bonds is 4. The van der Waals surface area contributed by atoms with Gasteiger partial charge < -0.3 is 11.1 Å². The molecule has 0 amide bonds. The van der Waals surface area contributed by atoms with Gasteiger partial charge >= 0.3 is 0 Å². The Morgan fingerprint density at radius 2 is 2.11 bits per heavy atom. The molecule has 100 valence electrons. The molecule has 19 heavy (non-hydrogen) atoms. The predicted octanol–water partition coefficient (Wildman–Crippen LogP) is 3.13. The van der Waals surface area contributed by atoms with Crippen LogP contribution in [0, 0.1) is 21.7 Å². The van der Waals surface area contributed by atoms with Gasteiger partial charge in [0.15, 0.2) is 17.3 Å². The van der Waals surface area contributed by atoms with Gasteiger partial charge in [-0.2, -0.15) is 0 Å². The second-order valence-electron chi connectivity index (χ2n) is 3.67. The zero-order valence-corrected chi connectivity index (χ0v) is 10.3. The van der Waals surface area contributed by atoms with Crippen molar-refractivity contribution in [1.29, 1.82) is 0 Å². The van der Waals surface area contributed by atoms with E-state index >= 15 is 0 Å². The average molecular weight is 285 g/mol. The molecular formula is C11H9F2N3O2S. The first kappa shape index (κ1) is 13.2. The second-order valence-corrected chi connectivity index (χ2v) is 4.67. The summed E-state index contributed by atoms with van der Waals surface area (Å²) in [4.78, 5) is 10.7. The number of halogens is 2. The Kier molecular flexibility index (Phi) is 3.61. The fourth-order valence-electron chi connectivity index (χ4n) is 1.52. The molecule has 1 aromatic carbocycles. The smallest absolute Gasteiger partial charge is 0.295 e. The van der Waals surface area contributed by atoms with E-state index in [1.54, 1.807) is 11.4 Å². The maximum absolute atomic E-state index is 13.6. The molecule has 0 radical (unpaired) electrons. The van der Waals surface area contributed by atoms with Crippen molar-refractivity contribution in [2.24, 2.45) is 0 Å². The Morgan fingerprint density at radius 3 is 2.68 bits per heavy atom. The number of anilines is 2. The molecule has 0 saturated heterocycles. The second kappa shape index (κ2) is 5.19. The van der Waals surface area contributed by atoms with Gasteiger partial charge in [-0.3, -0.25) is 10.1 Å². The Labute approximate surface area is 110 Å². The van der Waals surface area contributed by atoms with Gasteiger partial charge in [0.05, 0.1) is 11.5 Å². The lowest BCUT2D eigenvalue weighted by Crippen LogP contribution is -2.06. The van der Waals surface area contributed by atoms with Gasteiger partial charge in [-0.15, -0.1) is 11.3 Å². The van der Waals surface area contributed by atoms with Crippen molar-refractivity contribution in [3.8, 4) is 0 Å². The summed E-state index contributed by atoms with van der Waals surface area (Å²) < 4.78 is 26.7. The molecule has 2 aromatic rings. The number of nitro groups is 1. The van der Waals surface area contributed by atoms with Gasteiger partial charge in [0.25, 0.3) is 5.69 Å². The summed E-state index contributed by atoms with van der Waals surface area (Å²) in [5.74, 6) is -2.42. The van der Waals surface area contributed by atoms with E-state index in [0.29, 0.717) is 10.6 Å². The highest BCUT2D eigenvalue weighted by atomic mass is 32.1. The summed E-state index contributed by atoms with van der Waals surface area (Å²) >= 11 is 1.32. The molecule has 0 atom stereocenters. The molecule has 1 heterocycles. The molecule has 0 fully saturated rings. The third-order valence-electron chi connectivity index (χ3n) is 2.48. The van der Waals surface area contributed by atoms with Crippen LogP contribution in [0.5, 0.6) is 0 Å². The molecule has 5 nitrogen and oxygen atoms in total. The molecule has 2 rings (SSSR count). The predicted molar refractivity (Wildman–Crippen MR) is 69.1 cm³/mol. The average Bonchev–Trinajstić information content (AvgIpc) is 2.76. The molecule has 0 bridgehead atoms. The highest BCUT2D eigenvalue weighted by Crippen LogP contribution is 2.30. The van der Waals surface area contributed by atoms with E-state index in [1.165, 1.54) is 11.3 Å². The van der Waals surface area contributed by atoms with Gasteiger partial charge in [-0.05, 0) is 17.5 Å². The van der Waals surface area contributed by atoms with Crippen LogP contribution in [0.2, 0.25) is 0 Å². The first-order valence-corrected chi connectivity index (χ1v) is 6.06. The summed E-state index contributed by atoms with van der Waals surface area (Å²) in [7, 11) is 0. The van der Waals surface area contributed by atoms with Crippen LogP contribution in [0.15, 0.2) is 23.6 Å². The number of hydrogen-bond acceptors (Lipinski definition) is 5. The highest BCUT2D eigenvalue weighted by Gasteiger charge is 2.21. The van der Waals surface area contributed by atoms with Gasteiger partial charge in [0.2, 0.25) is 0 Å². The van der Waals surface area contributed by atoms with Gasteiger partial charge in [0, 0.05) is 16.6 Å².